The lowest BCUT2D eigenvalue weighted by atomic mass is 10.0. The fourth-order valence-electron chi connectivity index (χ4n) is 1.93. The maximum absolute atomic E-state index is 12.1. The highest BCUT2D eigenvalue weighted by Crippen LogP contribution is 2.37. The Labute approximate surface area is 103 Å². The Kier molecular flexibility index (Phi) is 2.83. The van der Waals surface area contributed by atoms with Crippen molar-refractivity contribution in [2.75, 3.05) is 14.2 Å². The number of methoxy groups -OCH3 is 2. The van der Waals surface area contributed by atoms with E-state index in [4.69, 9.17) is 16.3 Å². The minimum Gasteiger partial charge on any atom is -0.497 e. The van der Waals surface area contributed by atoms with E-state index in [9.17, 15) is 9.59 Å². The fraction of sp³-hybridized carbons (Fsp3) is 0.333. The minimum absolute atomic E-state index is 0.152. The second kappa shape index (κ2) is 4.04. The third-order valence-corrected chi connectivity index (χ3v) is 3.32. The molecule has 1 aromatic rings. The van der Waals surface area contributed by atoms with E-state index in [1.54, 1.807) is 18.2 Å². The van der Waals surface area contributed by atoms with Crippen LogP contribution in [0, 0.1) is 0 Å². The minimum atomic E-state index is -1.62. The number of carbonyl (C=O) groups excluding carboxylic acids is 2. The van der Waals surface area contributed by atoms with Gasteiger partial charge in [0.1, 0.15) is 5.75 Å². The first-order chi connectivity index (χ1) is 8.02. The Morgan fingerprint density at radius 3 is 2.71 bits per heavy atom. The van der Waals surface area contributed by atoms with E-state index in [-0.39, 0.29) is 6.42 Å². The second-order valence-corrected chi connectivity index (χ2v) is 4.47. The third kappa shape index (κ3) is 1.69. The number of carbonyl (C=O) groups is 2. The van der Waals surface area contributed by atoms with Crippen molar-refractivity contribution in [3.05, 3.63) is 29.3 Å². The van der Waals surface area contributed by atoms with E-state index in [2.05, 4.69) is 4.74 Å². The number of Topliss-reactive ketones (excluding diaryl/α,β-unsaturated/α-hetero) is 1. The molecule has 0 saturated heterocycles. The summed E-state index contributed by atoms with van der Waals surface area (Å²) in [6, 6.07) is 5.05. The Hall–Kier alpha value is -1.55. The molecule has 5 heteroatoms. The zero-order valence-corrected chi connectivity index (χ0v) is 10.2. The molecule has 0 fully saturated rings. The smallest absolute Gasteiger partial charge is 0.335 e. The molecule has 0 bridgehead atoms. The SMILES string of the molecule is COC(=O)C1(Cl)Cc2ccc(OC)cc2C1=O. The summed E-state index contributed by atoms with van der Waals surface area (Å²) in [6.07, 6.45) is 0.152. The number of alkyl halides is 1. The Morgan fingerprint density at radius 2 is 2.12 bits per heavy atom. The molecule has 1 aliphatic rings. The van der Waals surface area contributed by atoms with Crippen molar-refractivity contribution in [2.24, 2.45) is 0 Å². The van der Waals surface area contributed by atoms with Gasteiger partial charge in [-0.1, -0.05) is 17.7 Å². The van der Waals surface area contributed by atoms with Gasteiger partial charge in [0.2, 0.25) is 4.87 Å². The predicted octanol–water partition coefficient (Wildman–Crippen LogP) is 1.58. The summed E-state index contributed by atoms with van der Waals surface area (Å²) < 4.78 is 9.60. The van der Waals surface area contributed by atoms with Crippen LogP contribution in [0.4, 0.5) is 0 Å². The van der Waals surface area contributed by atoms with Crippen LogP contribution in [0.2, 0.25) is 0 Å². The summed E-state index contributed by atoms with van der Waals surface area (Å²) >= 11 is 6.07. The van der Waals surface area contributed by atoms with E-state index in [1.165, 1.54) is 14.2 Å². The van der Waals surface area contributed by atoms with Crippen molar-refractivity contribution >= 4 is 23.4 Å². The van der Waals surface area contributed by atoms with Crippen LogP contribution in [-0.2, 0) is 16.0 Å². The number of benzene rings is 1. The summed E-state index contributed by atoms with van der Waals surface area (Å²) in [5.74, 6) is -0.595. The van der Waals surface area contributed by atoms with Gasteiger partial charge < -0.3 is 9.47 Å². The van der Waals surface area contributed by atoms with Gasteiger partial charge >= 0.3 is 5.97 Å². The van der Waals surface area contributed by atoms with Crippen LogP contribution in [0.1, 0.15) is 15.9 Å². The summed E-state index contributed by atoms with van der Waals surface area (Å²) in [5, 5.41) is 0. The van der Waals surface area contributed by atoms with E-state index in [0.29, 0.717) is 11.3 Å². The highest BCUT2D eigenvalue weighted by molar-refractivity contribution is 6.49. The largest absolute Gasteiger partial charge is 0.497 e. The molecule has 0 N–H and O–H groups in total. The number of ketones is 1. The molecule has 1 atom stereocenters. The first kappa shape index (κ1) is 11.9. The summed E-state index contributed by atoms with van der Waals surface area (Å²) in [6.45, 7) is 0. The average Bonchev–Trinajstić information content (AvgIpc) is 2.61. The van der Waals surface area contributed by atoms with Crippen LogP contribution in [-0.4, -0.2) is 30.8 Å². The van der Waals surface area contributed by atoms with Gasteiger partial charge in [-0.25, -0.2) is 4.79 Å². The van der Waals surface area contributed by atoms with E-state index in [1.807, 2.05) is 0 Å². The van der Waals surface area contributed by atoms with Gasteiger partial charge in [-0.2, -0.15) is 0 Å². The zero-order valence-electron chi connectivity index (χ0n) is 9.45. The molecular formula is C12H11ClO4. The van der Waals surface area contributed by atoms with Crippen molar-refractivity contribution in [3.63, 3.8) is 0 Å². The highest BCUT2D eigenvalue weighted by atomic mass is 35.5. The lowest BCUT2D eigenvalue weighted by Gasteiger charge is -2.15. The van der Waals surface area contributed by atoms with Crippen LogP contribution < -0.4 is 4.74 Å². The molecule has 0 aliphatic heterocycles. The normalized spacial score (nSPS) is 22.2. The number of halogens is 1. The predicted molar refractivity (Wildman–Crippen MR) is 61.6 cm³/mol. The topological polar surface area (TPSA) is 52.6 Å². The van der Waals surface area contributed by atoms with Crippen molar-refractivity contribution in [2.45, 2.75) is 11.3 Å². The Balaban J connectivity index is 2.45. The van der Waals surface area contributed by atoms with Crippen LogP contribution in [0.3, 0.4) is 0 Å². The van der Waals surface area contributed by atoms with Crippen LogP contribution >= 0.6 is 11.6 Å². The van der Waals surface area contributed by atoms with Crippen LogP contribution in [0.5, 0.6) is 5.75 Å². The van der Waals surface area contributed by atoms with Gasteiger partial charge in [0.15, 0.2) is 5.78 Å². The maximum Gasteiger partial charge on any atom is 0.335 e. The lowest BCUT2D eigenvalue weighted by molar-refractivity contribution is -0.142. The molecule has 0 spiro atoms. The molecule has 0 amide bonds. The molecule has 2 rings (SSSR count). The molecule has 0 heterocycles. The zero-order chi connectivity index (χ0) is 12.6. The van der Waals surface area contributed by atoms with Crippen LogP contribution in [0.25, 0.3) is 0 Å². The van der Waals surface area contributed by atoms with Gasteiger partial charge in [0.05, 0.1) is 14.2 Å². The first-order valence-electron chi connectivity index (χ1n) is 5.02. The quantitative estimate of drug-likeness (QED) is 0.457. The van der Waals surface area contributed by atoms with Crippen molar-refractivity contribution < 1.29 is 19.1 Å². The molecule has 17 heavy (non-hydrogen) atoms. The van der Waals surface area contributed by atoms with Crippen LogP contribution in [0.15, 0.2) is 18.2 Å². The van der Waals surface area contributed by atoms with Crippen molar-refractivity contribution in [1.82, 2.24) is 0 Å². The number of hydrogen-bond acceptors (Lipinski definition) is 4. The molecule has 1 aliphatic carbocycles. The Morgan fingerprint density at radius 1 is 1.41 bits per heavy atom. The van der Waals surface area contributed by atoms with Gasteiger partial charge in [-0.05, 0) is 17.7 Å². The number of esters is 1. The number of fused-ring (bicyclic) bond motifs is 1. The molecule has 0 radical (unpaired) electrons. The Bertz CT molecular complexity index is 497. The van der Waals surface area contributed by atoms with Crippen molar-refractivity contribution in [3.8, 4) is 5.75 Å². The van der Waals surface area contributed by atoms with Gasteiger partial charge in [0.25, 0.3) is 0 Å². The first-order valence-corrected chi connectivity index (χ1v) is 5.40. The van der Waals surface area contributed by atoms with Crippen molar-refractivity contribution in [1.29, 1.82) is 0 Å². The lowest BCUT2D eigenvalue weighted by Crippen LogP contribution is -2.39. The molecular weight excluding hydrogens is 244 g/mol. The third-order valence-electron chi connectivity index (χ3n) is 2.86. The fourth-order valence-corrected chi connectivity index (χ4v) is 2.25. The molecule has 0 saturated carbocycles. The number of hydrogen-bond donors (Lipinski definition) is 0. The average molecular weight is 255 g/mol. The molecule has 90 valence electrons. The second-order valence-electron chi connectivity index (χ2n) is 3.82. The molecule has 1 aromatic carbocycles. The van der Waals surface area contributed by atoms with E-state index in [0.717, 1.165) is 5.56 Å². The standard InChI is InChI=1S/C12H11ClO4/c1-16-8-4-3-7-6-12(13,11(15)17-2)10(14)9(7)5-8/h3-5H,6H2,1-2H3. The summed E-state index contributed by atoms with van der Waals surface area (Å²) in [4.78, 5) is 22.0. The number of ether oxygens (including phenoxy) is 2. The summed E-state index contributed by atoms with van der Waals surface area (Å²) in [5.41, 5.74) is 1.15. The summed E-state index contributed by atoms with van der Waals surface area (Å²) in [7, 11) is 2.72. The van der Waals surface area contributed by atoms with E-state index < -0.39 is 16.6 Å². The molecule has 4 nitrogen and oxygen atoms in total. The monoisotopic (exact) mass is 254 g/mol. The molecule has 1 unspecified atom stereocenters. The van der Waals surface area contributed by atoms with Gasteiger partial charge in [-0.3, -0.25) is 4.79 Å². The highest BCUT2D eigenvalue weighted by Gasteiger charge is 2.51. The van der Waals surface area contributed by atoms with Gasteiger partial charge in [-0.15, -0.1) is 0 Å². The van der Waals surface area contributed by atoms with E-state index >= 15 is 0 Å². The molecule has 0 aromatic heterocycles. The number of rotatable bonds is 2. The maximum atomic E-state index is 12.1. The van der Waals surface area contributed by atoms with Gasteiger partial charge in [0, 0.05) is 12.0 Å².